The van der Waals surface area contributed by atoms with Crippen LogP contribution in [-0.2, 0) is 4.79 Å². The van der Waals surface area contributed by atoms with Crippen molar-refractivity contribution in [3.8, 4) is 0 Å². The van der Waals surface area contributed by atoms with Gasteiger partial charge >= 0.3 is 0 Å². The molecule has 2 aromatic carbocycles. The van der Waals surface area contributed by atoms with Gasteiger partial charge in [0.1, 0.15) is 6.04 Å². The summed E-state index contributed by atoms with van der Waals surface area (Å²) in [4.78, 5) is 29.9. The van der Waals surface area contributed by atoms with Crippen LogP contribution in [0.2, 0.25) is 10.0 Å². The summed E-state index contributed by atoms with van der Waals surface area (Å²) in [6.07, 6.45) is 0. The Morgan fingerprint density at radius 2 is 1.81 bits per heavy atom. The number of rotatable bonds is 6. The van der Waals surface area contributed by atoms with Crippen molar-refractivity contribution < 1.29 is 9.59 Å². The molecule has 2 amide bonds. The van der Waals surface area contributed by atoms with Crippen LogP contribution in [0.25, 0.3) is 0 Å². The highest BCUT2D eigenvalue weighted by molar-refractivity contribution is 6.43. The number of hydrogen-bond acceptors (Lipinski definition) is 4. The van der Waals surface area contributed by atoms with Gasteiger partial charge in [0.05, 0.1) is 15.6 Å². The maximum absolute atomic E-state index is 12.6. The summed E-state index contributed by atoms with van der Waals surface area (Å²) in [6.45, 7) is 11.0. The molecule has 0 bridgehead atoms. The van der Waals surface area contributed by atoms with Crippen molar-refractivity contribution in [1.82, 2.24) is 10.2 Å². The zero-order chi connectivity index (χ0) is 22.5. The standard InChI is InChI=1S/C23H28Cl2N4O2/c1-4-28-10-12-29(13-11-28)17-8-9-20(15(2)14-17)27-22(30)16(3)26-23(31)18-6-5-7-19(24)21(18)25/h5-9,14,16H,4,10-13H2,1-3H3,(H,26,31)(H,27,30). The number of nitrogens with one attached hydrogen (secondary N) is 2. The Morgan fingerprint density at radius 3 is 2.45 bits per heavy atom. The van der Waals surface area contributed by atoms with Crippen molar-refractivity contribution in [2.75, 3.05) is 42.9 Å². The molecule has 0 saturated carbocycles. The van der Waals surface area contributed by atoms with E-state index in [0.717, 1.165) is 49.7 Å². The molecule has 1 atom stereocenters. The number of carbonyl (C=O) groups is 2. The third-order valence-electron chi connectivity index (χ3n) is 5.59. The molecule has 0 radical (unpaired) electrons. The first-order valence-corrected chi connectivity index (χ1v) is 11.2. The molecule has 2 N–H and O–H groups in total. The number of carbonyl (C=O) groups excluding carboxylic acids is 2. The number of amides is 2. The number of aryl methyl sites for hydroxylation is 1. The lowest BCUT2D eigenvalue weighted by Gasteiger charge is -2.35. The molecule has 6 nitrogen and oxygen atoms in total. The molecule has 31 heavy (non-hydrogen) atoms. The summed E-state index contributed by atoms with van der Waals surface area (Å²) < 4.78 is 0. The Bertz CT molecular complexity index is 959. The van der Waals surface area contributed by atoms with Crippen molar-refractivity contribution in [2.45, 2.75) is 26.8 Å². The number of piperazine rings is 1. The van der Waals surface area contributed by atoms with Gasteiger partial charge in [-0.3, -0.25) is 9.59 Å². The predicted octanol–water partition coefficient (Wildman–Crippen LogP) is 4.20. The third kappa shape index (κ3) is 5.70. The van der Waals surface area contributed by atoms with Crippen LogP contribution in [0.5, 0.6) is 0 Å². The van der Waals surface area contributed by atoms with Crippen molar-refractivity contribution in [3.05, 3.63) is 57.6 Å². The number of nitrogens with zero attached hydrogens (tertiary/aromatic N) is 2. The zero-order valence-corrected chi connectivity index (χ0v) is 19.6. The molecule has 1 unspecified atom stereocenters. The van der Waals surface area contributed by atoms with Gasteiger partial charge < -0.3 is 20.4 Å². The van der Waals surface area contributed by atoms with Crippen molar-refractivity contribution in [3.63, 3.8) is 0 Å². The quantitative estimate of drug-likeness (QED) is 0.674. The lowest BCUT2D eigenvalue weighted by Crippen LogP contribution is -2.46. The first-order chi connectivity index (χ1) is 14.8. The van der Waals surface area contributed by atoms with E-state index in [2.05, 4.69) is 33.4 Å². The average molecular weight is 463 g/mol. The van der Waals surface area contributed by atoms with Gasteiger partial charge in [-0.25, -0.2) is 0 Å². The van der Waals surface area contributed by atoms with E-state index in [4.69, 9.17) is 23.2 Å². The topological polar surface area (TPSA) is 64.7 Å². The van der Waals surface area contributed by atoms with E-state index in [-0.39, 0.29) is 16.5 Å². The average Bonchev–Trinajstić information content (AvgIpc) is 2.76. The Balaban J connectivity index is 1.60. The molecule has 0 spiro atoms. The Labute approximate surface area is 193 Å². The fourth-order valence-corrected chi connectivity index (χ4v) is 3.95. The van der Waals surface area contributed by atoms with E-state index < -0.39 is 11.9 Å². The van der Waals surface area contributed by atoms with Crippen molar-refractivity contribution in [1.29, 1.82) is 0 Å². The van der Waals surface area contributed by atoms with Crippen molar-refractivity contribution >= 4 is 46.4 Å². The lowest BCUT2D eigenvalue weighted by atomic mass is 10.1. The van der Waals surface area contributed by atoms with Gasteiger partial charge in [0, 0.05) is 37.6 Å². The highest BCUT2D eigenvalue weighted by Gasteiger charge is 2.21. The second kappa shape index (κ2) is 10.4. The lowest BCUT2D eigenvalue weighted by molar-refractivity contribution is -0.117. The van der Waals surface area contributed by atoms with Crippen LogP contribution >= 0.6 is 23.2 Å². The molecule has 0 aliphatic carbocycles. The molecule has 1 heterocycles. The summed E-state index contributed by atoms with van der Waals surface area (Å²) in [5.41, 5.74) is 3.09. The molecule has 3 rings (SSSR count). The minimum absolute atomic E-state index is 0.167. The van der Waals surface area contributed by atoms with Crippen LogP contribution < -0.4 is 15.5 Å². The maximum atomic E-state index is 12.6. The number of likely N-dealkylation sites (N-methyl/N-ethyl adjacent to an activating group) is 1. The van der Waals surface area contributed by atoms with Gasteiger partial charge in [-0.05, 0) is 56.3 Å². The second-order valence-corrected chi connectivity index (χ2v) is 8.49. The number of anilines is 2. The number of hydrogen-bond donors (Lipinski definition) is 2. The Kier molecular flexibility index (Phi) is 7.81. The van der Waals surface area contributed by atoms with Gasteiger partial charge in [0.25, 0.3) is 5.91 Å². The smallest absolute Gasteiger partial charge is 0.253 e. The van der Waals surface area contributed by atoms with Crippen molar-refractivity contribution in [2.24, 2.45) is 0 Å². The predicted molar refractivity (Wildman–Crippen MR) is 128 cm³/mol. The van der Waals surface area contributed by atoms with Gasteiger partial charge in [-0.2, -0.15) is 0 Å². The van der Waals surface area contributed by atoms with Crippen LogP contribution in [0.3, 0.4) is 0 Å². The zero-order valence-electron chi connectivity index (χ0n) is 18.0. The molecule has 1 fully saturated rings. The molecular weight excluding hydrogens is 435 g/mol. The van der Waals surface area contributed by atoms with E-state index in [1.54, 1.807) is 25.1 Å². The van der Waals surface area contributed by atoms with Crippen LogP contribution in [0.4, 0.5) is 11.4 Å². The van der Waals surface area contributed by atoms with E-state index in [9.17, 15) is 9.59 Å². The van der Waals surface area contributed by atoms with E-state index in [1.807, 2.05) is 19.1 Å². The minimum Gasteiger partial charge on any atom is -0.369 e. The van der Waals surface area contributed by atoms with E-state index >= 15 is 0 Å². The number of benzene rings is 2. The molecule has 2 aromatic rings. The second-order valence-electron chi connectivity index (χ2n) is 7.71. The van der Waals surface area contributed by atoms with E-state index in [1.165, 1.54) is 0 Å². The van der Waals surface area contributed by atoms with Gasteiger partial charge in [0.2, 0.25) is 5.91 Å². The summed E-state index contributed by atoms with van der Waals surface area (Å²) in [6, 6.07) is 10.1. The van der Waals surface area contributed by atoms with Gasteiger partial charge in [-0.1, -0.05) is 36.2 Å². The molecule has 1 saturated heterocycles. The van der Waals surface area contributed by atoms with Gasteiger partial charge in [0.15, 0.2) is 0 Å². The largest absolute Gasteiger partial charge is 0.369 e. The summed E-state index contributed by atoms with van der Waals surface area (Å²) in [5, 5.41) is 6.03. The van der Waals surface area contributed by atoms with Crippen LogP contribution in [0.15, 0.2) is 36.4 Å². The molecule has 166 valence electrons. The molecule has 1 aliphatic rings. The van der Waals surface area contributed by atoms with Crippen LogP contribution in [0.1, 0.15) is 29.8 Å². The fourth-order valence-electron chi connectivity index (χ4n) is 3.57. The van der Waals surface area contributed by atoms with Crippen LogP contribution in [0, 0.1) is 6.92 Å². The third-order valence-corrected chi connectivity index (χ3v) is 6.41. The molecular formula is C23H28Cl2N4O2. The first kappa shape index (κ1) is 23.4. The van der Waals surface area contributed by atoms with Crippen LogP contribution in [-0.4, -0.2) is 55.5 Å². The summed E-state index contributed by atoms with van der Waals surface area (Å²) >= 11 is 12.1. The van der Waals surface area contributed by atoms with E-state index in [0.29, 0.717) is 5.02 Å². The fraction of sp³-hybridized carbons (Fsp3) is 0.391. The molecule has 0 aromatic heterocycles. The highest BCUT2D eigenvalue weighted by atomic mass is 35.5. The monoisotopic (exact) mass is 462 g/mol. The molecule has 1 aliphatic heterocycles. The minimum atomic E-state index is -0.747. The summed E-state index contributed by atoms with van der Waals surface area (Å²) in [5.74, 6) is -0.757. The van der Waals surface area contributed by atoms with Gasteiger partial charge in [-0.15, -0.1) is 0 Å². The number of halogens is 2. The first-order valence-electron chi connectivity index (χ1n) is 10.4. The summed E-state index contributed by atoms with van der Waals surface area (Å²) in [7, 11) is 0. The Morgan fingerprint density at radius 1 is 1.10 bits per heavy atom. The molecule has 8 heteroatoms. The Hall–Kier alpha value is -2.28. The SMILES string of the molecule is CCN1CCN(c2ccc(NC(=O)C(C)NC(=O)c3cccc(Cl)c3Cl)c(C)c2)CC1. The highest BCUT2D eigenvalue weighted by Crippen LogP contribution is 2.26. The maximum Gasteiger partial charge on any atom is 0.253 e. The normalized spacial score (nSPS) is 15.5.